The van der Waals surface area contributed by atoms with Gasteiger partial charge in [-0.1, -0.05) is 213 Å². The van der Waals surface area contributed by atoms with E-state index < -0.39 is 20.0 Å². The molecule has 3 unspecified atom stereocenters. The van der Waals surface area contributed by atoms with Crippen molar-refractivity contribution in [3.8, 4) is 0 Å². The van der Waals surface area contributed by atoms with Crippen molar-refractivity contribution in [2.24, 2.45) is 0 Å². The van der Waals surface area contributed by atoms with Crippen molar-refractivity contribution in [2.45, 2.75) is 244 Å². The van der Waals surface area contributed by atoms with Crippen molar-refractivity contribution < 1.29 is 32.9 Å². The number of nitrogens with one attached hydrogen (secondary N) is 1. The molecule has 0 spiro atoms. The van der Waals surface area contributed by atoms with Crippen LogP contribution >= 0.6 is 7.82 Å². The Morgan fingerprint density at radius 3 is 1.26 bits per heavy atom. The highest BCUT2D eigenvalue weighted by molar-refractivity contribution is 7.45. The van der Waals surface area contributed by atoms with E-state index in [-0.39, 0.29) is 19.1 Å². The van der Waals surface area contributed by atoms with Crippen LogP contribution < -0.4 is 10.2 Å². The van der Waals surface area contributed by atoms with E-state index in [0.717, 1.165) is 38.5 Å². The number of carbonyl (C=O) groups excluding carboxylic acids is 1. The number of rotatable bonds is 43. The number of aliphatic hydroxyl groups is 1. The molecule has 0 aromatic carbocycles. The van der Waals surface area contributed by atoms with Gasteiger partial charge in [-0.25, -0.2) is 0 Å². The summed E-state index contributed by atoms with van der Waals surface area (Å²) in [6.45, 7) is 4.72. The van der Waals surface area contributed by atoms with Crippen LogP contribution in [-0.4, -0.2) is 68.5 Å². The van der Waals surface area contributed by atoms with Gasteiger partial charge in [-0.15, -0.1) is 0 Å². The summed E-state index contributed by atoms with van der Waals surface area (Å²) in [5, 5.41) is 13.9. The Labute approximate surface area is 336 Å². The number of quaternary nitrogens is 1. The second kappa shape index (κ2) is 38.0. The molecule has 1 amide bonds. The van der Waals surface area contributed by atoms with E-state index in [1.165, 1.54) is 167 Å². The van der Waals surface area contributed by atoms with Gasteiger partial charge in [0, 0.05) is 6.42 Å². The molecule has 54 heavy (non-hydrogen) atoms. The quantitative estimate of drug-likeness (QED) is 0.0362. The van der Waals surface area contributed by atoms with E-state index in [4.69, 9.17) is 9.05 Å². The zero-order valence-corrected chi connectivity index (χ0v) is 37.6. The van der Waals surface area contributed by atoms with Crippen LogP contribution in [0.2, 0.25) is 0 Å². The molecular formula is C45H93N2O6P. The first-order valence-electron chi connectivity index (χ1n) is 23.4. The molecule has 324 valence electrons. The average molecular weight is 789 g/mol. The fourth-order valence-electron chi connectivity index (χ4n) is 7.10. The fourth-order valence-corrected chi connectivity index (χ4v) is 7.82. The number of unbranched alkanes of at least 4 members (excludes halogenated alkanes) is 30. The molecular weight excluding hydrogens is 695 g/mol. The van der Waals surface area contributed by atoms with Gasteiger partial charge in [0.25, 0.3) is 7.82 Å². The van der Waals surface area contributed by atoms with Crippen molar-refractivity contribution in [3.63, 3.8) is 0 Å². The number of hydrogen-bond donors (Lipinski definition) is 2. The van der Waals surface area contributed by atoms with Crippen LogP contribution in [0.25, 0.3) is 0 Å². The van der Waals surface area contributed by atoms with Gasteiger partial charge in [-0.2, -0.15) is 0 Å². The molecule has 0 bridgehead atoms. The van der Waals surface area contributed by atoms with Crippen LogP contribution in [-0.2, 0) is 18.4 Å². The monoisotopic (exact) mass is 789 g/mol. The molecule has 8 nitrogen and oxygen atoms in total. The number of hydrogen-bond acceptors (Lipinski definition) is 6. The number of nitrogens with zero attached hydrogens (tertiary/aromatic N) is 1. The van der Waals surface area contributed by atoms with Gasteiger partial charge in [0.05, 0.1) is 39.9 Å². The molecule has 0 aliphatic carbocycles. The zero-order chi connectivity index (χ0) is 40.0. The first-order chi connectivity index (χ1) is 26.0. The van der Waals surface area contributed by atoms with Gasteiger partial charge in [-0.3, -0.25) is 9.36 Å². The molecule has 2 N–H and O–H groups in total. The zero-order valence-electron chi connectivity index (χ0n) is 36.7. The van der Waals surface area contributed by atoms with Gasteiger partial charge in [0.15, 0.2) is 0 Å². The van der Waals surface area contributed by atoms with Crippen LogP contribution in [0.15, 0.2) is 0 Å². The lowest BCUT2D eigenvalue weighted by Gasteiger charge is -2.30. The molecule has 3 atom stereocenters. The molecule has 0 radical (unpaired) electrons. The van der Waals surface area contributed by atoms with Crippen LogP contribution in [0.4, 0.5) is 0 Å². The van der Waals surface area contributed by atoms with Crippen LogP contribution in [0, 0.1) is 0 Å². The summed E-state index contributed by atoms with van der Waals surface area (Å²) < 4.78 is 23.2. The second-order valence-corrected chi connectivity index (χ2v) is 18.9. The summed E-state index contributed by atoms with van der Waals surface area (Å²) >= 11 is 0. The summed E-state index contributed by atoms with van der Waals surface area (Å²) in [5.74, 6) is -0.165. The summed E-state index contributed by atoms with van der Waals surface area (Å²) in [7, 11) is 1.32. The number of likely N-dealkylation sites (N-methyl/N-ethyl adjacent to an activating group) is 1. The van der Waals surface area contributed by atoms with Crippen LogP contribution in [0.5, 0.6) is 0 Å². The second-order valence-electron chi connectivity index (χ2n) is 17.5. The van der Waals surface area contributed by atoms with Gasteiger partial charge in [0.2, 0.25) is 5.91 Å². The molecule has 0 saturated heterocycles. The number of phosphoric ester groups is 1. The van der Waals surface area contributed by atoms with E-state index in [9.17, 15) is 19.4 Å². The Bertz CT molecular complexity index is 855. The highest BCUT2D eigenvalue weighted by Crippen LogP contribution is 2.38. The van der Waals surface area contributed by atoms with E-state index in [1.54, 1.807) is 0 Å². The Balaban J connectivity index is 4.14. The van der Waals surface area contributed by atoms with E-state index in [1.807, 2.05) is 21.1 Å². The normalized spacial score (nSPS) is 14.3. The van der Waals surface area contributed by atoms with Crippen molar-refractivity contribution in [1.29, 1.82) is 0 Å². The summed E-state index contributed by atoms with van der Waals surface area (Å²) in [6, 6.07) is -0.792. The van der Waals surface area contributed by atoms with E-state index in [2.05, 4.69) is 19.2 Å². The molecule has 0 aromatic heterocycles. The lowest BCUT2D eigenvalue weighted by molar-refractivity contribution is -0.870. The molecule has 0 aromatic rings. The van der Waals surface area contributed by atoms with Crippen LogP contribution in [0.3, 0.4) is 0 Å². The Hall–Kier alpha value is -0.500. The maximum Gasteiger partial charge on any atom is 0.268 e. The molecule has 0 fully saturated rings. The van der Waals surface area contributed by atoms with Crippen molar-refractivity contribution in [2.75, 3.05) is 40.9 Å². The van der Waals surface area contributed by atoms with Gasteiger partial charge >= 0.3 is 0 Å². The number of phosphoric acid groups is 1. The Morgan fingerprint density at radius 2 is 0.907 bits per heavy atom. The maximum absolute atomic E-state index is 12.8. The molecule has 0 aliphatic heterocycles. The smallest absolute Gasteiger partial charge is 0.268 e. The Kier molecular flexibility index (Phi) is 37.7. The van der Waals surface area contributed by atoms with E-state index >= 15 is 0 Å². The first kappa shape index (κ1) is 53.5. The lowest BCUT2D eigenvalue weighted by Crippen LogP contribution is -2.46. The minimum absolute atomic E-state index is 0.0158. The van der Waals surface area contributed by atoms with Crippen molar-refractivity contribution in [3.05, 3.63) is 0 Å². The SMILES string of the molecule is CCCCCCCCCCCCCCCCCCCCCCCCCC(O)C(COP(=O)([O-])OCC[N+](C)(C)C)NC(=O)CCCCCCCCCCC. The number of carbonyl (C=O) groups is 1. The van der Waals surface area contributed by atoms with Gasteiger partial charge < -0.3 is 28.8 Å². The van der Waals surface area contributed by atoms with E-state index in [0.29, 0.717) is 23.9 Å². The molecule has 0 aliphatic rings. The first-order valence-corrected chi connectivity index (χ1v) is 24.8. The standard InChI is InChI=1S/C45H93N2O6P/c1-6-8-10-12-14-16-17-18-19-20-21-22-23-24-25-26-27-28-29-31-32-34-36-38-44(48)43(42-53-54(50,51)52-41-40-47(3,4)5)46-45(49)39-37-35-33-30-15-13-11-9-7-2/h43-44,48H,6-42H2,1-5H3,(H-,46,49,50,51). The topological polar surface area (TPSA) is 108 Å². The highest BCUT2D eigenvalue weighted by Gasteiger charge is 2.24. The van der Waals surface area contributed by atoms with Gasteiger partial charge in [-0.05, 0) is 12.8 Å². The number of aliphatic hydroxyl groups excluding tert-OH is 1. The molecule has 0 saturated carbocycles. The lowest BCUT2D eigenvalue weighted by atomic mass is 10.0. The minimum Gasteiger partial charge on any atom is -0.756 e. The van der Waals surface area contributed by atoms with Crippen molar-refractivity contribution >= 4 is 13.7 Å². The largest absolute Gasteiger partial charge is 0.756 e. The third-order valence-corrected chi connectivity index (χ3v) is 11.8. The third kappa shape index (κ3) is 39.7. The summed E-state index contributed by atoms with van der Waals surface area (Å²) in [4.78, 5) is 25.2. The minimum atomic E-state index is -4.55. The van der Waals surface area contributed by atoms with Gasteiger partial charge in [0.1, 0.15) is 13.2 Å². The summed E-state index contributed by atoms with van der Waals surface area (Å²) in [5.41, 5.74) is 0. The molecule has 0 heterocycles. The van der Waals surface area contributed by atoms with Crippen molar-refractivity contribution in [1.82, 2.24) is 5.32 Å². The molecule has 9 heteroatoms. The Morgan fingerprint density at radius 1 is 0.574 bits per heavy atom. The third-order valence-electron chi connectivity index (χ3n) is 10.8. The molecule has 0 rings (SSSR count). The highest BCUT2D eigenvalue weighted by atomic mass is 31.2. The average Bonchev–Trinajstić information content (AvgIpc) is 3.12. The number of amides is 1. The summed E-state index contributed by atoms with van der Waals surface area (Å²) in [6.07, 6.45) is 41.2. The maximum atomic E-state index is 12.8. The van der Waals surface area contributed by atoms with Crippen LogP contribution in [0.1, 0.15) is 232 Å². The predicted molar refractivity (Wildman–Crippen MR) is 229 cm³/mol. The fraction of sp³-hybridized carbons (Fsp3) is 0.978. The predicted octanol–water partition coefficient (Wildman–Crippen LogP) is 12.3.